The van der Waals surface area contributed by atoms with E-state index in [2.05, 4.69) is 10.1 Å². The van der Waals surface area contributed by atoms with Crippen LogP contribution in [-0.4, -0.2) is 12.9 Å². The number of alkyl halides is 3. The molecule has 0 fully saturated rings. The lowest BCUT2D eigenvalue weighted by Crippen LogP contribution is -2.24. The number of fused-ring (bicyclic) bond motifs is 1. The van der Waals surface area contributed by atoms with E-state index in [9.17, 15) is 13.2 Å². The molecule has 1 aliphatic rings. The molecule has 0 aliphatic carbocycles. The van der Waals surface area contributed by atoms with E-state index < -0.39 is 6.36 Å². The molecule has 0 unspecified atom stereocenters. The van der Waals surface area contributed by atoms with Crippen molar-refractivity contribution >= 4 is 0 Å². The number of halogens is 3. The Hall–Kier alpha value is -1.23. The summed E-state index contributed by atoms with van der Waals surface area (Å²) < 4.78 is 39.7. The van der Waals surface area contributed by atoms with Crippen molar-refractivity contribution in [3.05, 3.63) is 29.3 Å². The highest BCUT2D eigenvalue weighted by Gasteiger charge is 2.31. The molecule has 0 atom stereocenters. The normalized spacial score (nSPS) is 15.9. The number of hydrogen-bond acceptors (Lipinski definition) is 2. The van der Waals surface area contributed by atoms with Crippen LogP contribution in [0.5, 0.6) is 5.75 Å². The number of nitrogens with one attached hydrogen (secondary N) is 1. The average molecular weight is 217 g/mol. The molecule has 1 aliphatic heterocycles. The smallest absolute Gasteiger partial charge is 0.406 e. The SMILES string of the molecule is FC(F)(F)Oc1ccc2c(c1)CCNC2. The number of benzene rings is 1. The summed E-state index contributed by atoms with van der Waals surface area (Å²) in [4.78, 5) is 0. The summed E-state index contributed by atoms with van der Waals surface area (Å²) in [6, 6.07) is 4.48. The zero-order valence-electron chi connectivity index (χ0n) is 7.90. The van der Waals surface area contributed by atoms with Crippen LogP contribution in [0.1, 0.15) is 11.1 Å². The van der Waals surface area contributed by atoms with E-state index in [-0.39, 0.29) is 5.75 Å². The monoisotopic (exact) mass is 217 g/mol. The van der Waals surface area contributed by atoms with Crippen LogP contribution in [0.4, 0.5) is 13.2 Å². The molecule has 0 saturated carbocycles. The molecule has 0 radical (unpaired) electrons. The Bertz CT molecular complexity index is 362. The largest absolute Gasteiger partial charge is 0.573 e. The highest BCUT2D eigenvalue weighted by Crippen LogP contribution is 2.26. The van der Waals surface area contributed by atoms with Gasteiger partial charge >= 0.3 is 6.36 Å². The maximum Gasteiger partial charge on any atom is 0.573 e. The molecule has 82 valence electrons. The lowest BCUT2D eigenvalue weighted by molar-refractivity contribution is -0.274. The summed E-state index contributed by atoms with van der Waals surface area (Å²) in [5.41, 5.74) is 1.96. The van der Waals surface area contributed by atoms with E-state index in [0.717, 1.165) is 24.1 Å². The molecule has 0 saturated heterocycles. The van der Waals surface area contributed by atoms with Crippen LogP contribution in [-0.2, 0) is 13.0 Å². The van der Waals surface area contributed by atoms with Crippen LogP contribution >= 0.6 is 0 Å². The fourth-order valence-corrected chi connectivity index (χ4v) is 1.65. The van der Waals surface area contributed by atoms with Crippen LogP contribution in [0.15, 0.2) is 18.2 Å². The summed E-state index contributed by atoms with van der Waals surface area (Å²) in [5.74, 6) is -0.136. The van der Waals surface area contributed by atoms with Gasteiger partial charge in [0.25, 0.3) is 0 Å². The van der Waals surface area contributed by atoms with Gasteiger partial charge in [0.05, 0.1) is 0 Å². The van der Waals surface area contributed by atoms with Gasteiger partial charge < -0.3 is 10.1 Å². The Balaban J connectivity index is 2.21. The van der Waals surface area contributed by atoms with Crippen LogP contribution < -0.4 is 10.1 Å². The Morgan fingerprint density at radius 2 is 2.00 bits per heavy atom. The minimum atomic E-state index is -4.61. The van der Waals surface area contributed by atoms with Gasteiger partial charge in [-0.25, -0.2) is 0 Å². The highest BCUT2D eigenvalue weighted by atomic mass is 19.4. The third-order valence-corrected chi connectivity index (χ3v) is 2.30. The first-order valence-corrected chi connectivity index (χ1v) is 4.63. The topological polar surface area (TPSA) is 21.3 Å². The molecule has 2 rings (SSSR count). The van der Waals surface area contributed by atoms with Crippen molar-refractivity contribution in [2.24, 2.45) is 0 Å². The van der Waals surface area contributed by atoms with Gasteiger partial charge in [-0.2, -0.15) is 0 Å². The fraction of sp³-hybridized carbons (Fsp3) is 0.400. The third kappa shape index (κ3) is 2.62. The van der Waals surface area contributed by atoms with Crippen LogP contribution in [0.2, 0.25) is 0 Å². The van der Waals surface area contributed by atoms with Crippen molar-refractivity contribution in [3.63, 3.8) is 0 Å². The van der Waals surface area contributed by atoms with Crippen LogP contribution in [0.3, 0.4) is 0 Å². The van der Waals surface area contributed by atoms with Crippen molar-refractivity contribution in [3.8, 4) is 5.75 Å². The van der Waals surface area contributed by atoms with E-state index in [1.54, 1.807) is 6.07 Å². The molecule has 0 amide bonds. The number of ether oxygens (including phenoxy) is 1. The van der Waals surface area contributed by atoms with Crippen molar-refractivity contribution in [1.82, 2.24) is 5.32 Å². The molecular formula is C10H10F3NO. The lowest BCUT2D eigenvalue weighted by atomic mass is 10.0. The van der Waals surface area contributed by atoms with Gasteiger partial charge in [-0.15, -0.1) is 13.2 Å². The zero-order chi connectivity index (χ0) is 10.9. The van der Waals surface area contributed by atoms with Gasteiger partial charge in [-0.3, -0.25) is 0 Å². The summed E-state index contributed by atoms with van der Waals surface area (Å²) in [6.07, 6.45) is -3.87. The Morgan fingerprint density at radius 1 is 1.20 bits per heavy atom. The van der Waals surface area contributed by atoms with Crippen molar-refractivity contribution in [1.29, 1.82) is 0 Å². The van der Waals surface area contributed by atoms with Crippen LogP contribution in [0, 0.1) is 0 Å². The van der Waals surface area contributed by atoms with Crippen molar-refractivity contribution in [2.75, 3.05) is 6.54 Å². The summed E-state index contributed by atoms with van der Waals surface area (Å²) in [5, 5.41) is 3.15. The first-order chi connectivity index (χ1) is 7.04. The van der Waals surface area contributed by atoms with Crippen LogP contribution in [0.25, 0.3) is 0 Å². The molecule has 1 N–H and O–H groups in total. The fourth-order valence-electron chi connectivity index (χ4n) is 1.65. The van der Waals surface area contributed by atoms with E-state index in [0.29, 0.717) is 6.54 Å². The Morgan fingerprint density at radius 3 is 2.73 bits per heavy atom. The van der Waals surface area contributed by atoms with E-state index in [4.69, 9.17) is 0 Å². The molecule has 0 aromatic heterocycles. The van der Waals surface area contributed by atoms with Gasteiger partial charge in [0.1, 0.15) is 5.75 Å². The first-order valence-electron chi connectivity index (χ1n) is 4.63. The van der Waals surface area contributed by atoms with Crippen molar-refractivity contribution in [2.45, 2.75) is 19.3 Å². The summed E-state index contributed by atoms with van der Waals surface area (Å²) >= 11 is 0. The Kier molecular flexibility index (Phi) is 2.56. The second-order valence-electron chi connectivity index (χ2n) is 3.41. The predicted octanol–water partition coefficient (Wildman–Crippen LogP) is 2.23. The highest BCUT2D eigenvalue weighted by molar-refractivity contribution is 5.37. The third-order valence-electron chi connectivity index (χ3n) is 2.30. The standard InChI is InChI=1S/C10H10F3NO/c11-10(12,13)15-9-2-1-8-6-14-4-3-7(8)5-9/h1-2,5,14H,3-4,6H2. The van der Waals surface area contributed by atoms with Crippen molar-refractivity contribution < 1.29 is 17.9 Å². The number of hydrogen-bond donors (Lipinski definition) is 1. The summed E-state index contributed by atoms with van der Waals surface area (Å²) in [7, 11) is 0. The lowest BCUT2D eigenvalue weighted by Gasteiger charge is -2.18. The minimum Gasteiger partial charge on any atom is -0.406 e. The molecule has 0 spiro atoms. The molecule has 5 heteroatoms. The second-order valence-corrected chi connectivity index (χ2v) is 3.41. The molecule has 2 nitrogen and oxygen atoms in total. The molecule has 15 heavy (non-hydrogen) atoms. The predicted molar refractivity (Wildman–Crippen MR) is 48.5 cm³/mol. The van der Waals surface area contributed by atoms with E-state index >= 15 is 0 Å². The molecular weight excluding hydrogens is 207 g/mol. The molecule has 0 bridgehead atoms. The van der Waals surface area contributed by atoms with E-state index in [1.807, 2.05) is 0 Å². The van der Waals surface area contributed by atoms with Gasteiger partial charge in [-0.05, 0) is 36.2 Å². The van der Waals surface area contributed by atoms with Gasteiger partial charge in [0, 0.05) is 6.54 Å². The minimum absolute atomic E-state index is 0.136. The zero-order valence-corrected chi connectivity index (χ0v) is 7.90. The van der Waals surface area contributed by atoms with E-state index in [1.165, 1.54) is 12.1 Å². The molecule has 1 aromatic rings. The quantitative estimate of drug-likeness (QED) is 0.778. The Labute approximate surface area is 85.0 Å². The maximum atomic E-state index is 11.9. The van der Waals surface area contributed by atoms with Gasteiger partial charge in [0.15, 0.2) is 0 Å². The second kappa shape index (κ2) is 3.73. The molecule has 1 aromatic carbocycles. The maximum absolute atomic E-state index is 11.9. The molecule has 1 heterocycles. The average Bonchev–Trinajstić information content (AvgIpc) is 2.15. The van der Waals surface area contributed by atoms with Gasteiger partial charge in [0.2, 0.25) is 0 Å². The van der Waals surface area contributed by atoms with Gasteiger partial charge in [-0.1, -0.05) is 6.07 Å². The first kappa shape index (κ1) is 10.3. The summed E-state index contributed by atoms with van der Waals surface area (Å²) in [6.45, 7) is 1.50. The number of rotatable bonds is 1.